The fourth-order valence-corrected chi connectivity index (χ4v) is 5.85. The summed E-state index contributed by atoms with van der Waals surface area (Å²) in [5.74, 6) is 0. The van der Waals surface area contributed by atoms with Crippen molar-refractivity contribution in [1.82, 2.24) is 4.90 Å². The minimum Gasteiger partial charge on any atom is -0.369 e. The van der Waals surface area contributed by atoms with Gasteiger partial charge in [-0.25, -0.2) is 0 Å². The first kappa shape index (κ1) is 18.6. The van der Waals surface area contributed by atoms with E-state index in [-0.39, 0.29) is 6.04 Å². The van der Waals surface area contributed by atoms with Crippen molar-refractivity contribution in [2.45, 2.75) is 25.8 Å². The predicted molar refractivity (Wildman–Crippen MR) is 116 cm³/mol. The van der Waals surface area contributed by atoms with E-state index in [0.717, 1.165) is 12.8 Å². The first-order valence-electron chi connectivity index (χ1n) is 9.20. The van der Waals surface area contributed by atoms with Crippen molar-refractivity contribution in [1.29, 1.82) is 0 Å². The molecule has 0 heterocycles. The van der Waals surface area contributed by atoms with Crippen molar-refractivity contribution in [3.05, 3.63) is 83.7 Å². The van der Waals surface area contributed by atoms with Gasteiger partial charge in [0.15, 0.2) is 0 Å². The number of hydrogen-bond donors (Lipinski definition) is 0. The van der Waals surface area contributed by atoms with E-state index in [2.05, 4.69) is 79.7 Å². The zero-order valence-corrected chi connectivity index (χ0v) is 16.7. The van der Waals surface area contributed by atoms with E-state index in [1.165, 1.54) is 21.5 Å². The SMILES string of the molecule is CC[C@@H](N=CN(C)C)C1=C(P(c2ccccc2)c2ccccc2)C=CC1. The summed E-state index contributed by atoms with van der Waals surface area (Å²) in [5, 5.41) is 4.28. The maximum absolute atomic E-state index is 4.86. The van der Waals surface area contributed by atoms with E-state index >= 15 is 0 Å². The largest absolute Gasteiger partial charge is 0.369 e. The van der Waals surface area contributed by atoms with Gasteiger partial charge in [-0.3, -0.25) is 4.99 Å². The summed E-state index contributed by atoms with van der Waals surface area (Å²) in [4.78, 5) is 6.87. The van der Waals surface area contributed by atoms with Gasteiger partial charge in [-0.2, -0.15) is 0 Å². The van der Waals surface area contributed by atoms with Gasteiger partial charge in [-0.05, 0) is 42.3 Å². The van der Waals surface area contributed by atoms with Crippen molar-refractivity contribution < 1.29 is 0 Å². The Bertz CT molecular complexity index is 752. The van der Waals surface area contributed by atoms with E-state index in [1.807, 2.05) is 25.3 Å². The minimum atomic E-state index is -0.550. The Morgan fingerprint density at radius 2 is 1.58 bits per heavy atom. The summed E-state index contributed by atoms with van der Waals surface area (Å²) in [6, 6.07) is 22.1. The summed E-state index contributed by atoms with van der Waals surface area (Å²) < 4.78 is 0. The molecule has 1 aliphatic rings. The Morgan fingerprint density at radius 3 is 2.08 bits per heavy atom. The predicted octanol–water partition coefficient (Wildman–Crippen LogP) is 4.70. The Hall–Kier alpha value is -2.18. The monoisotopic (exact) mass is 362 g/mol. The van der Waals surface area contributed by atoms with E-state index in [0.29, 0.717) is 0 Å². The summed E-state index contributed by atoms with van der Waals surface area (Å²) in [6.45, 7) is 2.23. The highest BCUT2D eigenvalue weighted by Gasteiger charge is 2.25. The summed E-state index contributed by atoms with van der Waals surface area (Å²) in [6.07, 6.45) is 8.63. The Labute approximate surface area is 158 Å². The van der Waals surface area contributed by atoms with Gasteiger partial charge in [0.25, 0.3) is 0 Å². The minimum absolute atomic E-state index is 0.250. The van der Waals surface area contributed by atoms with Gasteiger partial charge in [-0.1, -0.05) is 79.7 Å². The zero-order chi connectivity index (χ0) is 18.4. The molecule has 26 heavy (non-hydrogen) atoms. The third kappa shape index (κ3) is 4.31. The second-order valence-electron chi connectivity index (χ2n) is 6.68. The molecular weight excluding hydrogens is 335 g/mol. The van der Waals surface area contributed by atoms with Crippen LogP contribution in [0.5, 0.6) is 0 Å². The highest BCUT2D eigenvalue weighted by atomic mass is 31.1. The number of nitrogens with zero attached hydrogens (tertiary/aromatic N) is 2. The number of allylic oxidation sites excluding steroid dienone is 3. The molecule has 0 saturated heterocycles. The van der Waals surface area contributed by atoms with Crippen LogP contribution in [0.1, 0.15) is 19.8 Å². The van der Waals surface area contributed by atoms with Gasteiger partial charge in [0, 0.05) is 14.1 Å². The quantitative estimate of drug-likeness (QED) is 0.396. The fraction of sp³-hybridized carbons (Fsp3) is 0.261. The molecule has 0 bridgehead atoms. The number of benzene rings is 2. The molecule has 3 heteroatoms. The van der Waals surface area contributed by atoms with Crippen molar-refractivity contribution in [3.63, 3.8) is 0 Å². The highest BCUT2D eigenvalue weighted by molar-refractivity contribution is 7.77. The van der Waals surface area contributed by atoms with Gasteiger partial charge < -0.3 is 4.90 Å². The lowest BCUT2D eigenvalue weighted by Gasteiger charge is -2.23. The molecule has 0 aromatic heterocycles. The van der Waals surface area contributed by atoms with Crippen LogP contribution in [0.4, 0.5) is 0 Å². The third-order valence-electron chi connectivity index (χ3n) is 4.48. The Balaban J connectivity index is 2.08. The average Bonchev–Trinajstić information content (AvgIpc) is 3.13. The topological polar surface area (TPSA) is 15.6 Å². The van der Waals surface area contributed by atoms with Gasteiger partial charge in [-0.15, -0.1) is 0 Å². The molecule has 0 aliphatic heterocycles. The highest BCUT2D eigenvalue weighted by Crippen LogP contribution is 2.49. The van der Waals surface area contributed by atoms with Crippen LogP contribution in [0, 0.1) is 0 Å². The summed E-state index contributed by atoms with van der Waals surface area (Å²) in [7, 11) is 3.50. The van der Waals surface area contributed by atoms with Crippen LogP contribution in [0.2, 0.25) is 0 Å². The van der Waals surface area contributed by atoms with E-state index in [9.17, 15) is 0 Å². The standard InChI is InChI=1S/C23H27N2P/c1-4-22(24-18-25(2)3)21-16-11-17-23(21)26(19-12-7-5-8-13-19)20-14-9-6-10-15-20/h5-15,17-18,22H,4,16H2,1-3H3/t22-/m1/s1. The molecule has 1 atom stereocenters. The van der Waals surface area contributed by atoms with E-state index in [4.69, 9.17) is 4.99 Å². The maximum atomic E-state index is 4.86. The van der Waals surface area contributed by atoms with Crippen LogP contribution < -0.4 is 10.6 Å². The molecule has 134 valence electrons. The molecule has 0 saturated carbocycles. The zero-order valence-electron chi connectivity index (χ0n) is 15.8. The Morgan fingerprint density at radius 1 is 1.00 bits per heavy atom. The molecule has 0 spiro atoms. The molecule has 0 fully saturated rings. The maximum Gasteiger partial charge on any atom is 0.0852 e. The van der Waals surface area contributed by atoms with Crippen molar-refractivity contribution >= 4 is 24.9 Å². The third-order valence-corrected chi connectivity index (χ3v) is 7.03. The van der Waals surface area contributed by atoms with Gasteiger partial charge in [0.05, 0.1) is 12.4 Å². The van der Waals surface area contributed by atoms with Crippen LogP contribution in [0.3, 0.4) is 0 Å². The number of rotatable bonds is 7. The van der Waals surface area contributed by atoms with Crippen LogP contribution in [-0.4, -0.2) is 31.4 Å². The molecular formula is C23H27N2P. The summed E-state index contributed by atoms with van der Waals surface area (Å²) >= 11 is 0. The first-order chi connectivity index (χ1) is 12.7. The number of hydrogen-bond acceptors (Lipinski definition) is 1. The van der Waals surface area contributed by atoms with Crippen LogP contribution in [0.15, 0.2) is 88.7 Å². The molecule has 3 rings (SSSR count). The molecule has 0 N–H and O–H groups in total. The van der Waals surface area contributed by atoms with Crippen molar-refractivity contribution in [3.8, 4) is 0 Å². The lowest BCUT2D eigenvalue weighted by Crippen LogP contribution is -2.17. The Kier molecular flexibility index (Phi) is 6.41. The van der Waals surface area contributed by atoms with Crippen molar-refractivity contribution in [2.75, 3.05) is 14.1 Å². The lowest BCUT2D eigenvalue weighted by atomic mass is 10.0. The van der Waals surface area contributed by atoms with Crippen LogP contribution >= 0.6 is 7.92 Å². The average molecular weight is 362 g/mol. The smallest absolute Gasteiger partial charge is 0.0852 e. The van der Waals surface area contributed by atoms with Gasteiger partial charge in [0.1, 0.15) is 0 Å². The van der Waals surface area contributed by atoms with Crippen LogP contribution in [0.25, 0.3) is 0 Å². The lowest BCUT2D eigenvalue weighted by molar-refractivity contribution is 0.625. The second-order valence-corrected chi connectivity index (χ2v) is 8.86. The molecule has 1 aliphatic carbocycles. The molecule has 2 aromatic rings. The van der Waals surface area contributed by atoms with Gasteiger partial charge in [0.2, 0.25) is 0 Å². The van der Waals surface area contributed by atoms with Crippen molar-refractivity contribution in [2.24, 2.45) is 4.99 Å². The fourth-order valence-electron chi connectivity index (χ4n) is 3.27. The van der Waals surface area contributed by atoms with E-state index < -0.39 is 7.92 Å². The summed E-state index contributed by atoms with van der Waals surface area (Å²) in [5.41, 5.74) is 1.48. The molecule has 0 amide bonds. The first-order valence-corrected chi connectivity index (χ1v) is 10.5. The molecule has 2 aromatic carbocycles. The molecule has 0 radical (unpaired) electrons. The van der Waals surface area contributed by atoms with Gasteiger partial charge >= 0.3 is 0 Å². The second kappa shape index (κ2) is 8.96. The normalized spacial score (nSPS) is 15.2. The number of aliphatic imine (C=N–C) groups is 1. The molecule has 2 nitrogen and oxygen atoms in total. The van der Waals surface area contributed by atoms with E-state index in [1.54, 1.807) is 0 Å². The van der Waals surface area contributed by atoms with Crippen LogP contribution in [-0.2, 0) is 0 Å². The molecule has 0 unspecified atom stereocenters.